The molecule has 0 bridgehead atoms. The Hall–Kier alpha value is -0.400. The van der Waals surface area contributed by atoms with E-state index in [4.69, 9.17) is 10.2 Å². The second kappa shape index (κ2) is 2.59. The lowest BCUT2D eigenvalue weighted by molar-refractivity contribution is -0.196. The standard InChI is InChI=1S/C7H8F4O3/c8-6(9,1-12)2-3-5(14-3)7(10,11)4(2)13/h2-5,12-13H,1H2/t2-,3+,4-,5-/m1/s1. The molecule has 0 aromatic rings. The molecule has 1 heterocycles. The molecule has 0 unspecified atom stereocenters. The number of rotatable bonds is 2. The highest BCUT2D eigenvalue weighted by atomic mass is 19.3. The maximum Gasteiger partial charge on any atom is 0.302 e. The first kappa shape index (κ1) is 10.1. The molecular formula is C7H8F4O3. The summed E-state index contributed by atoms with van der Waals surface area (Å²) < 4.78 is 55.9. The van der Waals surface area contributed by atoms with Crippen LogP contribution in [0.25, 0.3) is 0 Å². The summed E-state index contributed by atoms with van der Waals surface area (Å²) in [4.78, 5) is 0. The van der Waals surface area contributed by atoms with Crippen molar-refractivity contribution < 1.29 is 32.5 Å². The molecule has 7 heteroatoms. The molecule has 0 aromatic heterocycles. The van der Waals surface area contributed by atoms with E-state index in [1.807, 2.05) is 0 Å². The van der Waals surface area contributed by atoms with Crippen LogP contribution >= 0.6 is 0 Å². The van der Waals surface area contributed by atoms with Gasteiger partial charge in [-0.3, -0.25) is 0 Å². The second-order valence-electron chi connectivity index (χ2n) is 3.59. The third-order valence-corrected chi connectivity index (χ3v) is 2.69. The maximum absolute atomic E-state index is 12.9. The van der Waals surface area contributed by atoms with Gasteiger partial charge in [0.05, 0.1) is 5.92 Å². The fourth-order valence-electron chi connectivity index (χ4n) is 1.87. The smallest absolute Gasteiger partial charge is 0.302 e. The lowest BCUT2D eigenvalue weighted by atomic mass is 9.96. The SMILES string of the molecule is OCC(F)(F)[C@@H]1[C@@H]2O[C@H]2C(F)(F)[C@@H]1O. The van der Waals surface area contributed by atoms with E-state index in [-0.39, 0.29) is 0 Å². The third kappa shape index (κ3) is 1.09. The average Bonchev–Trinajstić information content (AvgIpc) is 2.80. The number of epoxide rings is 1. The van der Waals surface area contributed by atoms with Crippen LogP contribution in [0.15, 0.2) is 0 Å². The highest BCUT2D eigenvalue weighted by molar-refractivity contribution is 5.16. The summed E-state index contributed by atoms with van der Waals surface area (Å²) >= 11 is 0. The molecule has 14 heavy (non-hydrogen) atoms. The van der Waals surface area contributed by atoms with E-state index in [0.717, 1.165) is 0 Å². The Labute approximate surface area is 76.3 Å². The molecule has 1 saturated carbocycles. The Balaban J connectivity index is 2.24. The zero-order valence-corrected chi connectivity index (χ0v) is 6.83. The van der Waals surface area contributed by atoms with Gasteiger partial charge in [-0.05, 0) is 0 Å². The van der Waals surface area contributed by atoms with Gasteiger partial charge in [-0.2, -0.15) is 0 Å². The van der Waals surface area contributed by atoms with Crippen molar-refractivity contribution in [1.82, 2.24) is 0 Å². The van der Waals surface area contributed by atoms with Crippen LogP contribution in [-0.4, -0.2) is 47.0 Å². The van der Waals surface area contributed by atoms with Crippen molar-refractivity contribution in [2.24, 2.45) is 5.92 Å². The molecule has 0 spiro atoms. The zero-order chi connectivity index (χ0) is 10.7. The fraction of sp³-hybridized carbons (Fsp3) is 1.00. The molecule has 82 valence electrons. The molecule has 1 aliphatic heterocycles. The first-order valence-electron chi connectivity index (χ1n) is 4.02. The van der Waals surface area contributed by atoms with Crippen LogP contribution in [0.3, 0.4) is 0 Å². The Morgan fingerprint density at radius 3 is 2.29 bits per heavy atom. The van der Waals surface area contributed by atoms with Crippen molar-refractivity contribution in [2.45, 2.75) is 30.2 Å². The zero-order valence-electron chi connectivity index (χ0n) is 6.83. The van der Waals surface area contributed by atoms with Crippen molar-refractivity contribution in [3.8, 4) is 0 Å². The molecule has 0 radical (unpaired) electrons. The Morgan fingerprint density at radius 1 is 1.36 bits per heavy atom. The lowest BCUT2D eigenvalue weighted by Gasteiger charge is -2.27. The van der Waals surface area contributed by atoms with Gasteiger partial charge in [0.15, 0.2) is 6.10 Å². The minimum absolute atomic E-state index is 1.35. The monoisotopic (exact) mass is 216 g/mol. The van der Waals surface area contributed by atoms with E-state index in [1.54, 1.807) is 0 Å². The predicted octanol–water partition coefficient (Wildman–Crippen LogP) is 0.00740. The number of ether oxygens (including phenoxy) is 1. The van der Waals surface area contributed by atoms with Gasteiger partial charge >= 0.3 is 5.92 Å². The Morgan fingerprint density at radius 2 is 1.93 bits per heavy atom. The number of aliphatic hydroxyl groups is 2. The topological polar surface area (TPSA) is 53.0 Å². The molecule has 1 saturated heterocycles. The normalized spacial score (nSPS) is 45.0. The number of fused-ring (bicyclic) bond motifs is 1. The van der Waals surface area contributed by atoms with E-state index in [0.29, 0.717) is 0 Å². The first-order chi connectivity index (χ1) is 6.32. The average molecular weight is 216 g/mol. The Bertz CT molecular complexity index is 257. The highest BCUT2D eigenvalue weighted by Crippen LogP contribution is 2.56. The molecule has 2 rings (SSSR count). The van der Waals surface area contributed by atoms with Gasteiger partial charge in [0, 0.05) is 0 Å². The highest BCUT2D eigenvalue weighted by Gasteiger charge is 2.77. The number of hydrogen-bond acceptors (Lipinski definition) is 3. The Kier molecular flexibility index (Phi) is 1.87. The van der Waals surface area contributed by atoms with Gasteiger partial charge in [0.1, 0.15) is 18.8 Å². The van der Waals surface area contributed by atoms with Crippen molar-refractivity contribution in [1.29, 1.82) is 0 Å². The molecule has 2 N–H and O–H groups in total. The van der Waals surface area contributed by atoms with Gasteiger partial charge in [-0.25, -0.2) is 17.6 Å². The van der Waals surface area contributed by atoms with E-state index in [2.05, 4.69) is 4.74 Å². The van der Waals surface area contributed by atoms with Gasteiger partial charge in [0.2, 0.25) is 0 Å². The van der Waals surface area contributed by atoms with Crippen LogP contribution in [0, 0.1) is 5.92 Å². The van der Waals surface area contributed by atoms with Gasteiger partial charge in [0.25, 0.3) is 5.92 Å². The lowest BCUT2D eigenvalue weighted by Crippen LogP contribution is -2.47. The summed E-state index contributed by atoms with van der Waals surface area (Å²) in [5, 5.41) is 17.3. The molecule has 2 aliphatic rings. The summed E-state index contributed by atoms with van der Waals surface area (Å²) in [6.07, 6.45) is -5.42. The van der Waals surface area contributed by atoms with Crippen LogP contribution in [0.1, 0.15) is 0 Å². The molecule has 2 fully saturated rings. The van der Waals surface area contributed by atoms with Crippen molar-refractivity contribution in [2.75, 3.05) is 6.61 Å². The minimum Gasteiger partial charge on any atom is -0.390 e. The third-order valence-electron chi connectivity index (χ3n) is 2.69. The van der Waals surface area contributed by atoms with E-state index in [9.17, 15) is 17.6 Å². The summed E-state index contributed by atoms with van der Waals surface area (Å²) in [6, 6.07) is 0. The van der Waals surface area contributed by atoms with Crippen LogP contribution in [-0.2, 0) is 4.74 Å². The largest absolute Gasteiger partial charge is 0.390 e. The molecule has 1 aliphatic carbocycles. The second-order valence-corrected chi connectivity index (χ2v) is 3.59. The summed E-state index contributed by atoms with van der Waals surface area (Å²) in [7, 11) is 0. The number of alkyl halides is 4. The quantitative estimate of drug-likeness (QED) is 0.505. The number of halogens is 4. The van der Waals surface area contributed by atoms with Gasteiger partial charge < -0.3 is 14.9 Å². The van der Waals surface area contributed by atoms with Gasteiger partial charge in [-0.1, -0.05) is 0 Å². The maximum atomic E-state index is 12.9. The molecular weight excluding hydrogens is 208 g/mol. The van der Waals surface area contributed by atoms with Crippen molar-refractivity contribution in [3.63, 3.8) is 0 Å². The van der Waals surface area contributed by atoms with E-state index in [1.165, 1.54) is 0 Å². The van der Waals surface area contributed by atoms with Crippen LogP contribution in [0.4, 0.5) is 17.6 Å². The number of hydrogen-bond donors (Lipinski definition) is 2. The van der Waals surface area contributed by atoms with Crippen LogP contribution < -0.4 is 0 Å². The van der Waals surface area contributed by atoms with Gasteiger partial charge in [-0.15, -0.1) is 0 Å². The summed E-state index contributed by atoms with van der Waals surface area (Å²) in [5.41, 5.74) is 0. The van der Waals surface area contributed by atoms with Crippen LogP contribution in [0.2, 0.25) is 0 Å². The van der Waals surface area contributed by atoms with E-state index < -0.39 is 42.7 Å². The summed E-state index contributed by atoms with van der Waals surface area (Å²) in [6.45, 7) is -1.57. The first-order valence-corrected chi connectivity index (χ1v) is 4.02. The minimum atomic E-state index is -3.74. The summed E-state index contributed by atoms with van der Waals surface area (Å²) in [5.74, 6) is -9.40. The molecule has 0 aromatic carbocycles. The molecule has 4 atom stereocenters. The predicted molar refractivity (Wildman–Crippen MR) is 35.1 cm³/mol. The molecule has 3 nitrogen and oxygen atoms in total. The molecule has 0 amide bonds. The fourth-order valence-corrected chi connectivity index (χ4v) is 1.87. The number of aliphatic hydroxyl groups excluding tert-OH is 2. The van der Waals surface area contributed by atoms with Crippen LogP contribution in [0.5, 0.6) is 0 Å². The van der Waals surface area contributed by atoms with E-state index >= 15 is 0 Å². The van der Waals surface area contributed by atoms with Crippen molar-refractivity contribution >= 4 is 0 Å². The van der Waals surface area contributed by atoms with Crippen molar-refractivity contribution in [3.05, 3.63) is 0 Å².